The van der Waals surface area contributed by atoms with Crippen LogP contribution < -0.4 is 9.64 Å². The van der Waals surface area contributed by atoms with Crippen molar-refractivity contribution >= 4 is 29.3 Å². The first-order valence-electron chi connectivity index (χ1n) is 10.5. The van der Waals surface area contributed by atoms with Gasteiger partial charge in [0.1, 0.15) is 5.75 Å². The predicted molar refractivity (Wildman–Crippen MR) is 119 cm³/mol. The monoisotopic (exact) mass is 433 g/mol. The first kappa shape index (κ1) is 20.0. The molecule has 1 saturated carbocycles. The Hall–Kier alpha value is -2.98. The van der Waals surface area contributed by atoms with Gasteiger partial charge in [-0.1, -0.05) is 18.6 Å². The van der Waals surface area contributed by atoms with Crippen molar-refractivity contribution in [3.05, 3.63) is 59.2 Å². The van der Waals surface area contributed by atoms with Crippen LogP contribution in [-0.2, 0) is 21.0 Å². The van der Waals surface area contributed by atoms with Gasteiger partial charge in [-0.05, 0) is 48.7 Å². The molecular formula is C24H23N3O3S. The highest BCUT2D eigenvalue weighted by Crippen LogP contribution is 2.56. The van der Waals surface area contributed by atoms with Crippen LogP contribution in [0.3, 0.4) is 0 Å². The van der Waals surface area contributed by atoms with Gasteiger partial charge in [0.25, 0.3) is 5.91 Å². The molecule has 0 radical (unpaired) electrons. The first-order chi connectivity index (χ1) is 15.1. The van der Waals surface area contributed by atoms with E-state index in [1.54, 1.807) is 24.1 Å². The Morgan fingerprint density at radius 3 is 2.84 bits per heavy atom. The molecule has 1 unspecified atom stereocenters. The molecule has 5 rings (SSSR count). The van der Waals surface area contributed by atoms with Crippen molar-refractivity contribution in [3.8, 4) is 11.8 Å². The van der Waals surface area contributed by atoms with E-state index in [0.717, 1.165) is 41.8 Å². The summed E-state index contributed by atoms with van der Waals surface area (Å²) in [6, 6.07) is 15.1. The van der Waals surface area contributed by atoms with E-state index in [9.17, 15) is 14.9 Å². The lowest BCUT2D eigenvalue weighted by atomic mass is 9.84. The summed E-state index contributed by atoms with van der Waals surface area (Å²) in [6.07, 6.45) is 2.88. The van der Waals surface area contributed by atoms with Crippen LogP contribution in [0.15, 0.2) is 42.5 Å². The summed E-state index contributed by atoms with van der Waals surface area (Å²) in [4.78, 5) is 29.8. The minimum Gasteiger partial charge on any atom is -0.497 e. The molecule has 1 spiro atoms. The minimum absolute atomic E-state index is 0.0267. The van der Waals surface area contributed by atoms with Crippen LogP contribution in [0.1, 0.15) is 36.0 Å². The molecule has 1 saturated heterocycles. The fourth-order valence-corrected chi connectivity index (χ4v) is 6.16. The number of nitrogens with zero attached hydrogens (tertiary/aromatic N) is 3. The maximum absolute atomic E-state index is 14.0. The van der Waals surface area contributed by atoms with Gasteiger partial charge in [0, 0.05) is 23.8 Å². The van der Waals surface area contributed by atoms with Crippen LogP contribution in [0, 0.1) is 17.2 Å². The number of nitriles is 1. The fourth-order valence-electron chi connectivity index (χ4n) is 4.70. The summed E-state index contributed by atoms with van der Waals surface area (Å²) in [5.41, 5.74) is 3.06. The topological polar surface area (TPSA) is 73.6 Å². The SMILES string of the molecule is COc1ccc2c(c1)C1(SCCN1C(=O)C1CCC1)C(=O)N2Cc1cccc(C#N)c1. The lowest BCUT2D eigenvalue weighted by Gasteiger charge is -2.37. The van der Waals surface area contributed by atoms with Gasteiger partial charge in [-0.3, -0.25) is 9.59 Å². The van der Waals surface area contributed by atoms with E-state index < -0.39 is 4.87 Å². The van der Waals surface area contributed by atoms with Crippen LogP contribution in [0.25, 0.3) is 0 Å². The smallest absolute Gasteiger partial charge is 0.268 e. The maximum atomic E-state index is 14.0. The third-order valence-electron chi connectivity index (χ3n) is 6.52. The highest BCUT2D eigenvalue weighted by molar-refractivity contribution is 8.01. The molecule has 3 aliphatic rings. The molecule has 2 heterocycles. The Bertz CT molecular complexity index is 1110. The number of hydrogen-bond donors (Lipinski definition) is 0. The van der Waals surface area contributed by atoms with Crippen LogP contribution in [0.2, 0.25) is 0 Å². The zero-order valence-corrected chi connectivity index (χ0v) is 18.2. The van der Waals surface area contributed by atoms with Crippen molar-refractivity contribution in [2.24, 2.45) is 5.92 Å². The second kappa shape index (κ2) is 7.61. The van der Waals surface area contributed by atoms with Gasteiger partial charge in [0.05, 0.1) is 31.0 Å². The number of carbonyl (C=O) groups is 2. The summed E-state index contributed by atoms with van der Waals surface area (Å²) in [5.74, 6) is 1.42. The molecule has 2 aliphatic heterocycles. The van der Waals surface area contributed by atoms with E-state index in [4.69, 9.17) is 4.74 Å². The predicted octanol–water partition coefficient (Wildman–Crippen LogP) is 3.64. The van der Waals surface area contributed by atoms with Crippen LogP contribution in [0.5, 0.6) is 5.75 Å². The summed E-state index contributed by atoms with van der Waals surface area (Å²) >= 11 is 1.54. The fraction of sp³-hybridized carbons (Fsp3) is 0.375. The molecule has 2 amide bonds. The highest BCUT2D eigenvalue weighted by atomic mass is 32.2. The Balaban J connectivity index is 1.59. The van der Waals surface area contributed by atoms with Gasteiger partial charge in [-0.2, -0.15) is 5.26 Å². The molecule has 2 aromatic rings. The van der Waals surface area contributed by atoms with Crippen LogP contribution in [-0.4, -0.2) is 36.1 Å². The number of carbonyl (C=O) groups excluding carboxylic acids is 2. The van der Waals surface area contributed by atoms with Crippen LogP contribution in [0.4, 0.5) is 5.69 Å². The van der Waals surface area contributed by atoms with Crippen molar-refractivity contribution in [2.45, 2.75) is 30.7 Å². The normalized spacial score (nSPS) is 22.4. The van der Waals surface area contributed by atoms with Gasteiger partial charge in [-0.25, -0.2) is 0 Å². The zero-order chi connectivity index (χ0) is 21.6. The average Bonchev–Trinajstić information content (AvgIpc) is 3.29. The molecule has 1 aliphatic carbocycles. The largest absolute Gasteiger partial charge is 0.497 e. The molecule has 2 fully saturated rings. The van der Waals surface area contributed by atoms with Crippen molar-refractivity contribution in [3.63, 3.8) is 0 Å². The van der Waals surface area contributed by atoms with Crippen molar-refractivity contribution in [1.82, 2.24) is 4.90 Å². The van der Waals surface area contributed by atoms with Gasteiger partial charge < -0.3 is 14.5 Å². The lowest BCUT2D eigenvalue weighted by Crippen LogP contribution is -2.52. The lowest BCUT2D eigenvalue weighted by molar-refractivity contribution is -0.145. The average molecular weight is 434 g/mol. The molecule has 1 atom stereocenters. The number of thioether (sulfide) groups is 1. The first-order valence-corrected chi connectivity index (χ1v) is 11.5. The quantitative estimate of drug-likeness (QED) is 0.736. The van der Waals surface area contributed by atoms with Gasteiger partial charge in [0.2, 0.25) is 5.91 Å². The van der Waals surface area contributed by atoms with Gasteiger partial charge >= 0.3 is 0 Å². The Morgan fingerprint density at radius 1 is 1.29 bits per heavy atom. The summed E-state index contributed by atoms with van der Waals surface area (Å²) in [6.45, 7) is 0.918. The Labute approximate surface area is 185 Å². The molecule has 0 bridgehead atoms. The van der Waals surface area contributed by atoms with Crippen molar-refractivity contribution < 1.29 is 14.3 Å². The Kier molecular flexibility index (Phi) is 4.90. The van der Waals surface area contributed by atoms with E-state index >= 15 is 0 Å². The molecule has 2 aromatic carbocycles. The molecule has 0 aromatic heterocycles. The van der Waals surface area contributed by atoms with E-state index in [-0.39, 0.29) is 17.7 Å². The van der Waals surface area contributed by atoms with E-state index in [2.05, 4.69) is 6.07 Å². The maximum Gasteiger partial charge on any atom is 0.268 e. The number of benzene rings is 2. The number of fused-ring (bicyclic) bond motifs is 2. The van der Waals surface area contributed by atoms with Crippen molar-refractivity contribution in [1.29, 1.82) is 5.26 Å². The number of anilines is 1. The highest BCUT2D eigenvalue weighted by Gasteiger charge is 2.60. The molecule has 158 valence electrons. The molecular weight excluding hydrogens is 410 g/mol. The van der Waals surface area contributed by atoms with Gasteiger partial charge in [0.15, 0.2) is 4.87 Å². The van der Waals surface area contributed by atoms with Gasteiger partial charge in [-0.15, -0.1) is 11.8 Å². The number of hydrogen-bond acceptors (Lipinski definition) is 5. The Morgan fingerprint density at radius 2 is 2.13 bits per heavy atom. The van der Waals surface area contributed by atoms with Crippen LogP contribution >= 0.6 is 11.8 Å². The zero-order valence-electron chi connectivity index (χ0n) is 17.3. The second-order valence-corrected chi connectivity index (χ2v) is 9.48. The third-order valence-corrected chi connectivity index (χ3v) is 7.94. The molecule has 31 heavy (non-hydrogen) atoms. The van der Waals surface area contributed by atoms with E-state index in [1.807, 2.05) is 35.2 Å². The number of ether oxygens (including phenoxy) is 1. The molecule has 7 heteroatoms. The summed E-state index contributed by atoms with van der Waals surface area (Å²) in [7, 11) is 1.61. The number of amides is 2. The third kappa shape index (κ3) is 3.01. The standard InChI is InChI=1S/C24H23N3O3S/c1-30-19-8-9-21-20(13-19)24(27(10-11-31-24)22(28)18-6-3-7-18)23(29)26(21)15-17-5-2-4-16(12-17)14-25/h2,4-5,8-9,12-13,18H,3,6-7,10-11,15H2,1H3. The second-order valence-electron chi connectivity index (χ2n) is 8.20. The summed E-state index contributed by atoms with van der Waals surface area (Å²) < 4.78 is 5.46. The van der Waals surface area contributed by atoms with Crippen molar-refractivity contribution in [2.75, 3.05) is 24.3 Å². The molecule has 6 nitrogen and oxygen atoms in total. The molecule has 0 N–H and O–H groups in total. The van der Waals surface area contributed by atoms with E-state index in [1.165, 1.54) is 11.8 Å². The summed E-state index contributed by atoms with van der Waals surface area (Å²) in [5, 5.41) is 9.24. The number of methoxy groups -OCH3 is 1. The minimum atomic E-state index is -1.04. The number of rotatable bonds is 4. The van der Waals surface area contributed by atoms with E-state index in [0.29, 0.717) is 24.4 Å².